The van der Waals surface area contributed by atoms with Crippen molar-refractivity contribution in [1.82, 2.24) is 0 Å². The summed E-state index contributed by atoms with van der Waals surface area (Å²) in [4.78, 5) is 0. The maximum atomic E-state index is 2.52. The van der Waals surface area contributed by atoms with Crippen LogP contribution < -0.4 is 0 Å². The molecule has 4 heteroatoms. The van der Waals surface area contributed by atoms with Gasteiger partial charge in [0.05, 0.1) is 15.5 Å². The maximum absolute atomic E-state index is 2.52. The van der Waals surface area contributed by atoms with E-state index in [0.29, 0.717) is 6.22 Å². The molecule has 68 valence electrons. The van der Waals surface area contributed by atoms with Gasteiger partial charge in [0.1, 0.15) is 0 Å². The Hall–Kier alpha value is 1.21. The van der Waals surface area contributed by atoms with E-state index >= 15 is 0 Å². The molecule has 0 radical (unpaired) electrons. The molecular formula is C7H21PSSi2. The minimum absolute atomic E-state index is 0.354. The minimum Gasteiger partial charge on any atom is -0.146 e. The zero-order valence-electron chi connectivity index (χ0n) is 8.86. The van der Waals surface area contributed by atoms with Crippen LogP contribution in [0.2, 0.25) is 39.3 Å². The van der Waals surface area contributed by atoms with Crippen LogP contribution in [-0.4, -0.2) is 21.7 Å². The average molecular weight is 224 g/mol. The molecule has 11 heavy (non-hydrogen) atoms. The van der Waals surface area contributed by atoms with E-state index in [1.807, 2.05) is 0 Å². The van der Waals surface area contributed by atoms with Gasteiger partial charge >= 0.3 is 0 Å². The van der Waals surface area contributed by atoms with Crippen molar-refractivity contribution in [3.63, 3.8) is 0 Å². The molecule has 0 aromatic rings. The molecule has 0 amide bonds. The molecule has 0 aliphatic carbocycles. The number of rotatable bonds is 3. The van der Waals surface area contributed by atoms with E-state index in [-0.39, 0.29) is 0 Å². The van der Waals surface area contributed by atoms with E-state index in [1.54, 1.807) is 0 Å². The van der Waals surface area contributed by atoms with Gasteiger partial charge in [-0.15, -0.1) is 11.4 Å². The van der Waals surface area contributed by atoms with Crippen LogP contribution in [0.1, 0.15) is 0 Å². The topological polar surface area (TPSA) is 0 Å². The lowest BCUT2D eigenvalue weighted by Gasteiger charge is -2.37. The van der Waals surface area contributed by atoms with Gasteiger partial charge in [-0.3, -0.25) is 0 Å². The van der Waals surface area contributed by atoms with Gasteiger partial charge < -0.3 is 0 Å². The van der Waals surface area contributed by atoms with Crippen LogP contribution in [0.5, 0.6) is 0 Å². The summed E-state index contributed by atoms with van der Waals surface area (Å²) < 4.78 is 0. The molecule has 0 saturated heterocycles. The summed E-state index contributed by atoms with van der Waals surface area (Å²) in [6.07, 6.45) is 2.66. The van der Waals surface area contributed by atoms with E-state index in [9.17, 15) is 0 Å². The van der Waals surface area contributed by atoms with Crippen LogP contribution in [0.4, 0.5) is 0 Å². The second-order valence-corrected chi connectivity index (χ2v) is 30.7. The molecule has 0 aromatic carbocycles. The highest BCUT2D eigenvalue weighted by Gasteiger charge is 2.36. The molecule has 0 nitrogen and oxygen atoms in total. The predicted octanol–water partition coefficient (Wildman–Crippen LogP) is 4.42. The molecule has 0 aromatic heterocycles. The second kappa shape index (κ2) is 3.95. The first-order valence-corrected chi connectivity index (χ1v) is 15.9. The molecule has 0 bridgehead atoms. The Morgan fingerprint density at radius 2 is 1.09 bits per heavy atom. The molecule has 0 saturated carbocycles. The standard InChI is InChI=1S/C7H21PSSi2/c1-9-8(10(2,3)4)11(5,6)7/h1-7H3. The Morgan fingerprint density at radius 3 is 1.09 bits per heavy atom. The lowest BCUT2D eigenvalue weighted by atomic mass is 11.8. The van der Waals surface area contributed by atoms with Crippen LogP contribution in [0, 0.1) is 0 Å². The molecule has 0 heterocycles. The third-order valence-corrected chi connectivity index (χ3v) is 37.8. The molecule has 0 spiro atoms. The predicted molar refractivity (Wildman–Crippen MR) is 67.1 cm³/mol. The van der Waals surface area contributed by atoms with Crippen molar-refractivity contribution < 1.29 is 0 Å². The third kappa shape index (κ3) is 4.11. The van der Waals surface area contributed by atoms with Crippen LogP contribution in [0.25, 0.3) is 0 Å². The quantitative estimate of drug-likeness (QED) is 0.505. The number of hydrogen-bond donors (Lipinski definition) is 0. The van der Waals surface area contributed by atoms with Crippen molar-refractivity contribution in [2.45, 2.75) is 39.3 Å². The lowest BCUT2D eigenvalue weighted by Crippen LogP contribution is -2.30. The van der Waals surface area contributed by atoms with Crippen LogP contribution in [0.3, 0.4) is 0 Å². The summed E-state index contributed by atoms with van der Waals surface area (Å²) in [7, 11) is -1.67. The van der Waals surface area contributed by atoms with Gasteiger partial charge in [-0.25, -0.2) is 0 Å². The van der Waals surface area contributed by atoms with Crippen molar-refractivity contribution in [2.24, 2.45) is 0 Å². The highest BCUT2D eigenvalue weighted by molar-refractivity contribution is 8.74. The van der Waals surface area contributed by atoms with E-state index in [1.165, 1.54) is 0 Å². The Labute approximate surface area is 78.8 Å². The third-order valence-electron chi connectivity index (χ3n) is 1.40. The summed E-state index contributed by atoms with van der Waals surface area (Å²) in [6, 6.07) is 0. The van der Waals surface area contributed by atoms with Crippen LogP contribution in [0.15, 0.2) is 0 Å². The van der Waals surface area contributed by atoms with Crippen molar-refractivity contribution in [1.29, 1.82) is 0 Å². The van der Waals surface area contributed by atoms with Crippen LogP contribution >= 0.6 is 17.6 Å². The molecule has 0 rings (SSSR count). The summed E-state index contributed by atoms with van der Waals surface area (Å²) in [5, 5.41) is 0. The van der Waals surface area contributed by atoms with E-state index in [0.717, 1.165) is 0 Å². The van der Waals surface area contributed by atoms with Gasteiger partial charge in [0.15, 0.2) is 0 Å². The van der Waals surface area contributed by atoms with Crippen molar-refractivity contribution in [3.8, 4) is 0 Å². The fourth-order valence-electron chi connectivity index (χ4n) is 1.55. The molecule has 0 atom stereocenters. The summed E-state index contributed by atoms with van der Waals surface area (Å²) in [6.45, 7) is 15.1. The largest absolute Gasteiger partial charge is 0.146 e. The van der Waals surface area contributed by atoms with E-state index in [4.69, 9.17) is 0 Å². The highest BCUT2D eigenvalue weighted by Crippen LogP contribution is 2.62. The van der Waals surface area contributed by atoms with E-state index < -0.39 is 15.5 Å². The first-order valence-electron chi connectivity index (χ1n) is 4.04. The van der Waals surface area contributed by atoms with Gasteiger partial charge in [-0.05, 0) is 6.26 Å². The zero-order chi connectivity index (χ0) is 9.28. The second-order valence-electron chi connectivity index (χ2n) is 4.82. The van der Waals surface area contributed by atoms with E-state index in [2.05, 4.69) is 56.9 Å². The van der Waals surface area contributed by atoms with Crippen molar-refractivity contribution in [2.75, 3.05) is 6.26 Å². The van der Waals surface area contributed by atoms with Gasteiger partial charge in [0.25, 0.3) is 0 Å². The first-order chi connectivity index (χ1) is 4.69. The first kappa shape index (κ1) is 12.2. The average Bonchev–Trinajstić information content (AvgIpc) is 1.56. The summed E-state index contributed by atoms with van der Waals surface area (Å²) in [5.74, 6) is 0. The Bertz CT molecular complexity index is 111. The van der Waals surface area contributed by atoms with Crippen LogP contribution in [-0.2, 0) is 0 Å². The molecule has 0 N–H and O–H groups in total. The van der Waals surface area contributed by atoms with Gasteiger partial charge in [-0.1, -0.05) is 45.5 Å². The van der Waals surface area contributed by atoms with Gasteiger partial charge in [0.2, 0.25) is 0 Å². The fourth-order valence-corrected chi connectivity index (χ4v) is 42.0. The Morgan fingerprint density at radius 1 is 0.818 bits per heavy atom. The van der Waals surface area contributed by atoms with Gasteiger partial charge in [0, 0.05) is 0 Å². The van der Waals surface area contributed by atoms with Gasteiger partial charge in [-0.2, -0.15) is 0 Å². The SMILES string of the molecule is CSP([Si](C)(C)C)[Si](C)(C)C. The van der Waals surface area contributed by atoms with Crippen molar-refractivity contribution in [3.05, 3.63) is 0 Å². The molecule has 0 aliphatic heterocycles. The molecule has 0 unspecified atom stereocenters. The Kier molecular flexibility index (Phi) is 4.38. The Balaban J connectivity index is 4.43. The maximum Gasteiger partial charge on any atom is 0.0796 e. The molecule has 0 fully saturated rings. The summed E-state index contributed by atoms with van der Waals surface area (Å²) >= 11 is 2.17. The fraction of sp³-hybridized carbons (Fsp3) is 1.00. The van der Waals surface area contributed by atoms with Crippen molar-refractivity contribution >= 4 is 33.1 Å². The molecule has 0 aliphatic rings. The highest BCUT2D eigenvalue weighted by atomic mass is 32.8. The monoisotopic (exact) mass is 224 g/mol. The minimum atomic E-state index is -0.833. The zero-order valence-corrected chi connectivity index (χ0v) is 12.6. The summed E-state index contributed by atoms with van der Waals surface area (Å²) in [5.41, 5.74) is 0. The number of hydrogen-bond acceptors (Lipinski definition) is 1. The molecular weight excluding hydrogens is 203 g/mol. The lowest BCUT2D eigenvalue weighted by molar-refractivity contribution is 1.84. The smallest absolute Gasteiger partial charge is 0.0796 e. The normalized spacial score (nSPS) is 14.2.